The van der Waals surface area contributed by atoms with Crippen LogP contribution in [0.25, 0.3) is 22.1 Å². The number of hydrogen-bond donors (Lipinski definition) is 0. The van der Waals surface area contributed by atoms with Crippen LogP contribution in [-0.4, -0.2) is 9.38 Å². The van der Waals surface area contributed by atoms with Gasteiger partial charge in [-0.25, -0.2) is 9.38 Å². The summed E-state index contributed by atoms with van der Waals surface area (Å²) < 4.78 is 8.33. The van der Waals surface area contributed by atoms with Crippen LogP contribution in [0.5, 0.6) is 5.75 Å². The molecule has 4 nitrogen and oxygen atoms in total. The molecule has 0 fully saturated rings. The van der Waals surface area contributed by atoms with E-state index in [9.17, 15) is 4.79 Å². The van der Waals surface area contributed by atoms with Crippen LogP contribution in [-0.2, 0) is 6.61 Å². The van der Waals surface area contributed by atoms with E-state index in [-0.39, 0.29) is 5.56 Å². The number of imidazole rings is 1. The fraction of sp³-hybridized carbons (Fsp3) is 0.120. The third kappa shape index (κ3) is 3.66. The molecule has 0 unspecified atom stereocenters. The maximum atomic E-state index is 13.2. The first kappa shape index (κ1) is 21.0. The van der Waals surface area contributed by atoms with E-state index in [1.165, 1.54) is 11.3 Å². The van der Waals surface area contributed by atoms with Crippen LogP contribution < -0.4 is 14.8 Å². The number of hydrogen-bond acceptors (Lipinski definition) is 4. The number of aromatic nitrogens is 2. The van der Waals surface area contributed by atoms with Crippen molar-refractivity contribution in [3.05, 3.63) is 102 Å². The van der Waals surface area contributed by atoms with Crippen LogP contribution in [0.4, 0.5) is 0 Å². The number of aryl methyl sites for hydroxylation is 2. The standard InChI is InChI=1S/C25H18Cl2N2O2S/c1-14-7-10-20-23(15(14)2)28-25-29(20)24(30)22(32-25)11-16-5-3-4-6-21(16)31-13-17-8-9-18(26)12-19(17)27/h3-12H,13H2,1-2H3/b22-11-. The molecule has 7 heteroatoms. The van der Waals surface area contributed by atoms with E-state index in [1.807, 2.05) is 62.4 Å². The van der Waals surface area contributed by atoms with E-state index in [0.29, 0.717) is 31.9 Å². The van der Waals surface area contributed by atoms with Crippen LogP contribution in [0.1, 0.15) is 22.3 Å². The summed E-state index contributed by atoms with van der Waals surface area (Å²) in [6, 6.07) is 16.9. The molecule has 5 rings (SSSR count). The van der Waals surface area contributed by atoms with Crippen molar-refractivity contribution < 1.29 is 4.74 Å². The van der Waals surface area contributed by atoms with Gasteiger partial charge in [0.1, 0.15) is 12.4 Å². The molecule has 0 bridgehead atoms. The Kier molecular flexibility index (Phi) is 5.41. The first-order chi connectivity index (χ1) is 15.4. The SMILES string of the molecule is Cc1ccc2c(nc3s/c(=C\c4ccccc4OCc4ccc(Cl)cc4Cl)c(=O)n32)c1C. The summed E-state index contributed by atoms with van der Waals surface area (Å²) in [7, 11) is 0. The molecule has 2 heterocycles. The molecule has 0 aliphatic rings. The average molecular weight is 481 g/mol. The van der Waals surface area contributed by atoms with Gasteiger partial charge in [0.25, 0.3) is 5.56 Å². The second-order valence-corrected chi connectivity index (χ2v) is 9.44. The van der Waals surface area contributed by atoms with E-state index in [4.69, 9.17) is 32.9 Å². The molecule has 0 radical (unpaired) electrons. The third-order valence-electron chi connectivity index (χ3n) is 5.54. The summed E-state index contributed by atoms with van der Waals surface area (Å²) in [6.07, 6.45) is 1.85. The molecule has 0 saturated carbocycles. The van der Waals surface area contributed by atoms with Crippen molar-refractivity contribution in [2.45, 2.75) is 20.5 Å². The molecule has 0 spiro atoms. The van der Waals surface area contributed by atoms with E-state index in [1.54, 1.807) is 16.5 Å². The number of ether oxygens (including phenoxy) is 1. The van der Waals surface area contributed by atoms with Gasteiger partial charge >= 0.3 is 0 Å². The Hall–Kier alpha value is -2.86. The predicted molar refractivity (Wildman–Crippen MR) is 132 cm³/mol. The zero-order valence-corrected chi connectivity index (χ0v) is 19.7. The first-order valence-corrected chi connectivity index (χ1v) is 11.6. The number of fused-ring (bicyclic) bond motifs is 3. The van der Waals surface area contributed by atoms with Crippen molar-refractivity contribution >= 4 is 56.6 Å². The van der Waals surface area contributed by atoms with Crippen molar-refractivity contribution in [3.63, 3.8) is 0 Å². The van der Waals surface area contributed by atoms with Gasteiger partial charge in [-0.3, -0.25) is 4.79 Å². The Bertz CT molecular complexity index is 1600. The Morgan fingerprint density at radius 2 is 1.91 bits per heavy atom. The van der Waals surface area contributed by atoms with Gasteiger partial charge in [0.2, 0.25) is 0 Å². The highest BCUT2D eigenvalue weighted by Gasteiger charge is 2.14. The second-order valence-electron chi connectivity index (χ2n) is 7.58. The minimum atomic E-state index is -0.0775. The lowest BCUT2D eigenvalue weighted by Crippen LogP contribution is -2.22. The lowest BCUT2D eigenvalue weighted by atomic mass is 10.1. The molecule has 2 aromatic heterocycles. The van der Waals surface area contributed by atoms with Gasteiger partial charge in [0, 0.05) is 21.2 Å². The molecule has 0 atom stereocenters. The molecular formula is C25H18Cl2N2O2S. The minimum Gasteiger partial charge on any atom is -0.488 e. The molecule has 160 valence electrons. The average Bonchev–Trinajstić information content (AvgIpc) is 3.28. The first-order valence-electron chi connectivity index (χ1n) is 10.0. The summed E-state index contributed by atoms with van der Waals surface area (Å²) in [5, 5.41) is 1.13. The molecule has 0 N–H and O–H groups in total. The smallest absolute Gasteiger partial charge is 0.274 e. The normalized spacial score (nSPS) is 12.2. The number of benzene rings is 3. The zero-order chi connectivity index (χ0) is 22.4. The van der Waals surface area contributed by atoms with Crippen LogP contribution in [0, 0.1) is 13.8 Å². The van der Waals surface area contributed by atoms with E-state index < -0.39 is 0 Å². The second kappa shape index (κ2) is 8.24. The van der Waals surface area contributed by atoms with Gasteiger partial charge in [0.05, 0.1) is 15.6 Å². The summed E-state index contributed by atoms with van der Waals surface area (Å²) in [6.45, 7) is 4.38. The van der Waals surface area contributed by atoms with E-state index in [2.05, 4.69) is 0 Å². The van der Waals surface area contributed by atoms with Gasteiger partial charge < -0.3 is 4.74 Å². The maximum absolute atomic E-state index is 13.2. The van der Waals surface area contributed by atoms with Crippen molar-refractivity contribution in [1.82, 2.24) is 9.38 Å². The Labute approximate surface area is 198 Å². The Balaban J connectivity index is 1.55. The van der Waals surface area contributed by atoms with Crippen molar-refractivity contribution in [2.75, 3.05) is 0 Å². The van der Waals surface area contributed by atoms with Gasteiger partial charge in [-0.2, -0.15) is 0 Å². The molecule has 32 heavy (non-hydrogen) atoms. The van der Waals surface area contributed by atoms with Crippen molar-refractivity contribution in [2.24, 2.45) is 0 Å². The van der Waals surface area contributed by atoms with Crippen molar-refractivity contribution in [1.29, 1.82) is 0 Å². The number of halogens is 2. The van der Waals surface area contributed by atoms with Gasteiger partial charge in [-0.1, -0.05) is 64.9 Å². The highest BCUT2D eigenvalue weighted by molar-refractivity contribution is 7.15. The quantitative estimate of drug-likeness (QED) is 0.318. The molecule has 0 aliphatic heterocycles. The zero-order valence-electron chi connectivity index (χ0n) is 17.4. The minimum absolute atomic E-state index is 0.0775. The van der Waals surface area contributed by atoms with E-state index in [0.717, 1.165) is 33.3 Å². The third-order valence-corrected chi connectivity index (χ3v) is 7.09. The lowest BCUT2D eigenvalue weighted by Gasteiger charge is -2.10. The molecule has 3 aromatic carbocycles. The number of rotatable bonds is 4. The topological polar surface area (TPSA) is 43.6 Å². The Morgan fingerprint density at radius 1 is 1.09 bits per heavy atom. The highest BCUT2D eigenvalue weighted by Crippen LogP contribution is 2.25. The van der Waals surface area contributed by atoms with Crippen LogP contribution in [0.15, 0.2) is 59.4 Å². The highest BCUT2D eigenvalue weighted by atomic mass is 35.5. The Morgan fingerprint density at radius 3 is 2.72 bits per heavy atom. The van der Waals surface area contributed by atoms with Crippen LogP contribution in [0.2, 0.25) is 10.0 Å². The monoisotopic (exact) mass is 480 g/mol. The maximum Gasteiger partial charge on any atom is 0.274 e. The van der Waals surface area contributed by atoms with Crippen LogP contribution >= 0.6 is 34.5 Å². The molecule has 0 amide bonds. The summed E-state index contributed by atoms with van der Waals surface area (Å²) >= 11 is 13.6. The largest absolute Gasteiger partial charge is 0.488 e. The number of thiazole rings is 1. The lowest BCUT2D eigenvalue weighted by molar-refractivity contribution is 0.305. The van der Waals surface area contributed by atoms with Crippen molar-refractivity contribution in [3.8, 4) is 5.75 Å². The summed E-state index contributed by atoms with van der Waals surface area (Å²) in [5.74, 6) is 0.667. The van der Waals surface area contributed by atoms with Gasteiger partial charge in [-0.15, -0.1) is 0 Å². The summed E-state index contributed by atoms with van der Waals surface area (Å²) in [5.41, 5.74) is 5.55. The molecule has 0 aliphatic carbocycles. The van der Waals surface area contributed by atoms with Gasteiger partial charge in [-0.05, 0) is 55.3 Å². The molecule has 0 saturated heterocycles. The molecule has 5 aromatic rings. The number of nitrogens with zero attached hydrogens (tertiary/aromatic N) is 2. The fourth-order valence-electron chi connectivity index (χ4n) is 3.63. The summed E-state index contributed by atoms with van der Waals surface area (Å²) in [4.78, 5) is 18.6. The van der Waals surface area contributed by atoms with Gasteiger partial charge in [0.15, 0.2) is 4.96 Å². The predicted octanol–water partition coefficient (Wildman–Crippen LogP) is 5.96. The molecular weight excluding hydrogens is 463 g/mol. The van der Waals surface area contributed by atoms with Crippen LogP contribution in [0.3, 0.4) is 0 Å². The van der Waals surface area contributed by atoms with E-state index >= 15 is 0 Å². The number of para-hydroxylation sites is 1. The fourth-order valence-corrected chi connectivity index (χ4v) is 5.07.